The molecule has 0 aromatic carbocycles. The number of nitrogens with zero attached hydrogens (tertiary/aromatic N) is 2. The third-order valence-corrected chi connectivity index (χ3v) is 2.86. The van der Waals surface area contributed by atoms with E-state index in [2.05, 4.69) is 29.4 Å². The molecule has 1 fully saturated rings. The van der Waals surface area contributed by atoms with E-state index in [0.717, 1.165) is 12.5 Å². The van der Waals surface area contributed by atoms with Crippen molar-refractivity contribution in [1.82, 2.24) is 10.2 Å². The fraction of sp³-hybridized carbons (Fsp3) is 0.778. The standard InChI is InChI=1S/C9H16N4O/c1-9(2)3-6(9)5-11-8-13-12-7(4-10)14-8/h6H,3-5,10H2,1-2H3,(H,11,13). The van der Waals surface area contributed by atoms with Crippen LogP contribution in [0.3, 0.4) is 0 Å². The van der Waals surface area contributed by atoms with Gasteiger partial charge in [-0.2, -0.15) is 0 Å². The molecule has 0 aliphatic heterocycles. The van der Waals surface area contributed by atoms with Gasteiger partial charge in [0.15, 0.2) is 0 Å². The van der Waals surface area contributed by atoms with Crippen molar-refractivity contribution >= 4 is 6.01 Å². The minimum Gasteiger partial charge on any atom is -0.407 e. The summed E-state index contributed by atoms with van der Waals surface area (Å²) in [5.41, 5.74) is 5.83. The predicted molar refractivity (Wildman–Crippen MR) is 52.6 cm³/mol. The highest BCUT2D eigenvalue weighted by atomic mass is 16.4. The summed E-state index contributed by atoms with van der Waals surface area (Å²) >= 11 is 0. The van der Waals surface area contributed by atoms with Crippen LogP contribution in [0.1, 0.15) is 26.2 Å². The van der Waals surface area contributed by atoms with E-state index in [-0.39, 0.29) is 0 Å². The van der Waals surface area contributed by atoms with Crippen LogP contribution in [0, 0.1) is 11.3 Å². The smallest absolute Gasteiger partial charge is 0.315 e. The van der Waals surface area contributed by atoms with Crippen molar-refractivity contribution in [2.75, 3.05) is 11.9 Å². The number of hydrogen-bond acceptors (Lipinski definition) is 5. The highest BCUT2D eigenvalue weighted by Gasteiger charge is 2.45. The fourth-order valence-corrected chi connectivity index (χ4v) is 1.54. The van der Waals surface area contributed by atoms with E-state index >= 15 is 0 Å². The number of nitrogens with one attached hydrogen (secondary N) is 1. The van der Waals surface area contributed by atoms with Gasteiger partial charge in [-0.05, 0) is 17.8 Å². The van der Waals surface area contributed by atoms with Crippen LogP contribution in [-0.2, 0) is 6.54 Å². The molecule has 2 rings (SSSR count). The third-order valence-electron chi connectivity index (χ3n) is 2.86. The van der Waals surface area contributed by atoms with Gasteiger partial charge in [-0.25, -0.2) is 0 Å². The quantitative estimate of drug-likeness (QED) is 0.750. The first-order valence-electron chi connectivity index (χ1n) is 4.88. The molecule has 14 heavy (non-hydrogen) atoms. The maximum absolute atomic E-state index is 5.35. The van der Waals surface area contributed by atoms with Gasteiger partial charge in [0.25, 0.3) is 0 Å². The van der Waals surface area contributed by atoms with E-state index in [1.54, 1.807) is 0 Å². The van der Waals surface area contributed by atoms with Crippen LogP contribution in [0.4, 0.5) is 6.01 Å². The third kappa shape index (κ3) is 1.87. The molecule has 0 amide bonds. The van der Waals surface area contributed by atoms with Crippen molar-refractivity contribution in [2.24, 2.45) is 17.1 Å². The van der Waals surface area contributed by atoms with E-state index in [0.29, 0.717) is 23.9 Å². The summed E-state index contributed by atoms with van der Waals surface area (Å²) in [6.07, 6.45) is 1.26. The first kappa shape index (κ1) is 9.45. The first-order valence-corrected chi connectivity index (χ1v) is 4.88. The molecule has 5 nitrogen and oxygen atoms in total. The van der Waals surface area contributed by atoms with Crippen LogP contribution in [0.25, 0.3) is 0 Å². The average Bonchev–Trinajstić information content (AvgIpc) is 2.62. The van der Waals surface area contributed by atoms with Crippen LogP contribution < -0.4 is 11.1 Å². The molecular weight excluding hydrogens is 180 g/mol. The molecular formula is C9H16N4O. The molecule has 78 valence electrons. The SMILES string of the molecule is CC1(C)CC1CNc1nnc(CN)o1. The summed E-state index contributed by atoms with van der Waals surface area (Å²) in [6, 6.07) is 0.480. The van der Waals surface area contributed by atoms with Gasteiger partial charge in [0.05, 0.1) is 6.54 Å². The Kier molecular flexibility index (Phi) is 2.19. The maximum Gasteiger partial charge on any atom is 0.315 e. The minimum absolute atomic E-state index is 0.295. The van der Waals surface area contributed by atoms with Crippen molar-refractivity contribution in [2.45, 2.75) is 26.8 Å². The molecule has 1 saturated carbocycles. The van der Waals surface area contributed by atoms with Crippen LogP contribution in [-0.4, -0.2) is 16.7 Å². The van der Waals surface area contributed by atoms with Crippen LogP contribution in [0.2, 0.25) is 0 Å². The Bertz CT molecular complexity index is 320. The summed E-state index contributed by atoms with van der Waals surface area (Å²) in [7, 11) is 0. The molecule has 1 aromatic rings. The predicted octanol–water partition coefficient (Wildman–Crippen LogP) is 0.986. The molecule has 0 radical (unpaired) electrons. The number of anilines is 1. The normalized spacial score (nSPS) is 23.5. The van der Waals surface area contributed by atoms with Gasteiger partial charge >= 0.3 is 6.01 Å². The number of aromatic nitrogens is 2. The Balaban J connectivity index is 1.81. The van der Waals surface area contributed by atoms with Crippen molar-refractivity contribution in [3.8, 4) is 0 Å². The van der Waals surface area contributed by atoms with Crippen molar-refractivity contribution < 1.29 is 4.42 Å². The second kappa shape index (κ2) is 3.24. The Hall–Kier alpha value is -1.10. The lowest BCUT2D eigenvalue weighted by Crippen LogP contribution is -2.07. The monoisotopic (exact) mass is 196 g/mol. The number of rotatable bonds is 4. The Morgan fingerprint density at radius 2 is 2.29 bits per heavy atom. The molecule has 5 heteroatoms. The first-order chi connectivity index (χ1) is 6.62. The zero-order valence-corrected chi connectivity index (χ0v) is 8.58. The van der Waals surface area contributed by atoms with Gasteiger partial charge in [0.2, 0.25) is 5.89 Å². The maximum atomic E-state index is 5.35. The molecule has 3 N–H and O–H groups in total. The molecule has 1 aliphatic rings. The minimum atomic E-state index is 0.295. The van der Waals surface area contributed by atoms with Crippen molar-refractivity contribution in [3.63, 3.8) is 0 Å². The van der Waals surface area contributed by atoms with E-state index in [1.807, 2.05) is 0 Å². The topological polar surface area (TPSA) is 77.0 Å². The van der Waals surface area contributed by atoms with E-state index < -0.39 is 0 Å². The number of nitrogens with two attached hydrogens (primary N) is 1. The summed E-state index contributed by atoms with van der Waals surface area (Å²) in [4.78, 5) is 0. The van der Waals surface area contributed by atoms with Gasteiger partial charge in [-0.1, -0.05) is 18.9 Å². The second-order valence-electron chi connectivity index (χ2n) is 4.48. The Labute approximate surface area is 83.1 Å². The molecule has 1 aliphatic carbocycles. The van der Waals surface area contributed by atoms with Gasteiger partial charge in [-0.15, -0.1) is 5.10 Å². The molecule has 1 atom stereocenters. The molecule has 1 unspecified atom stereocenters. The molecule has 0 spiro atoms. The van der Waals surface area contributed by atoms with E-state index in [4.69, 9.17) is 10.2 Å². The summed E-state index contributed by atoms with van der Waals surface area (Å²) in [6.45, 7) is 5.72. The lowest BCUT2D eigenvalue weighted by molar-refractivity contribution is 0.501. The van der Waals surface area contributed by atoms with Gasteiger partial charge in [-0.3, -0.25) is 0 Å². The van der Waals surface area contributed by atoms with Crippen LogP contribution in [0.5, 0.6) is 0 Å². The van der Waals surface area contributed by atoms with Gasteiger partial charge in [0.1, 0.15) is 0 Å². The van der Waals surface area contributed by atoms with E-state index in [1.165, 1.54) is 6.42 Å². The van der Waals surface area contributed by atoms with Crippen molar-refractivity contribution in [1.29, 1.82) is 0 Å². The van der Waals surface area contributed by atoms with Gasteiger partial charge < -0.3 is 15.5 Å². The van der Waals surface area contributed by atoms with Gasteiger partial charge in [0, 0.05) is 6.54 Å². The van der Waals surface area contributed by atoms with E-state index in [9.17, 15) is 0 Å². The zero-order valence-electron chi connectivity index (χ0n) is 8.58. The number of hydrogen-bond donors (Lipinski definition) is 2. The molecule has 1 heterocycles. The summed E-state index contributed by atoms with van der Waals surface area (Å²) in [5, 5.41) is 10.7. The second-order valence-corrected chi connectivity index (χ2v) is 4.48. The highest BCUT2D eigenvalue weighted by Crippen LogP contribution is 2.51. The lowest BCUT2D eigenvalue weighted by Gasteiger charge is -2.02. The Morgan fingerprint density at radius 1 is 1.57 bits per heavy atom. The van der Waals surface area contributed by atoms with Crippen LogP contribution in [0.15, 0.2) is 4.42 Å². The highest BCUT2D eigenvalue weighted by molar-refractivity contribution is 5.18. The summed E-state index contributed by atoms with van der Waals surface area (Å²) < 4.78 is 5.22. The fourth-order valence-electron chi connectivity index (χ4n) is 1.54. The zero-order chi connectivity index (χ0) is 10.2. The largest absolute Gasteiger partial charge is 0.407 e. The van der Waals surface area contributed by atoms with Crippen molar-refractivity contribution in [3.05, 3.63) is 5.89 Å². The molecule has 1 aromatic heterocycles. The molecule has 0 saturated heterocycles. The summed E-state index contributed by atoms with van der Waals surface area (Å²) in [5.74, 6) is 1.19. The molecule has 0 bridgehead atoms. The average molecular weight is 196 g/mol. The Morgan fingerprint density at radius 3 is 2.79 bits per heavy atom. The lowest BCUT2D eigenvalue weighted by atomic mass is 10.1. The van der Waals surface area contributed by atoms with Crippen LogP contribution >= 0.6 is 0 Å².